The SMILES string of the molecule is Cc1c(-c2ccccc2F)cnn1C1CCNCC1. The highest BCUT2D eigenvalue weighted by Crippen LogP contribution is 2.29. The molecular formula is C15H18FN3. The highest BCUT2D eigenvalue weighted by atomic mass is 19.1. The summed E-state index contributed by atoms with van der Waals surface area (Å²) in [5.74, 6) is -0.185. The number of piperidine rings is 1. The van der Waals surface area contributed by atoms with E-state index in [1.54, 1.807) is 12.3 Å². The Morgan fingerprint density at radius 1 is 1.21 bits per heavy atom. The van der Waals surface area contributed by atoms with Gasteiger partial charge in [0, 0.05) is 16.8 Å². The van der Waals surface area contributed by atoms with Crippen molar-refractivity contribution in [2.75, 3.05) is 13.1 Å². The van der Waals surface area contributed by atoms with Crippen LogP contribution in [0.2, 0.25) is 0 Å². The number of nitrogens with one attached hydrogen (secondary N) is 1. The minimum atomic E-state index is -0.185. The molecule has 0 amide bonds. The molecule has 0 radical (unpaired) electrons. The van der Waals surface area contributed by atoms with Crippen molar-refractivity contribution in [3.8, 4) is 11.1 Å². The molecule has 3 rings (SSSR count). The van der Waals surface area contributed by atoms with Crippen LogP contribution in [0.4, 0.5) is 4.39 Å². The second-order valence-corrected chi connectivity index (χ2v) is 5.05. The number of benzene rings is 1. The van der Waals surface area contributed by atoms with Crippen molar-refractivity contribution in [2.45, 2.75) is 25.8 Å². The zero-order valence-electron chi connectivity index (χ0n) is 11.1. The van der Waals surface area contributed by atoms with Gasteiger partial charge in [0.15, 0.2) is 0 Å². The van der Waals surface area contributed by atoms with Gasteiger partial charge in [0.25, 0.3) is 0 Å². The Labute approximate surface area is 112 Å². The highest BCUT2D eigenvalue weighted by molar-refractivity contribution is 5.65. The monoisotopic (exact) mass is 259 g/mol. The Balaban J connectivity index is 1.97. The Morgan fingerprint density at radius 3 is 2.68 bits per heavy atom. The molecular weight excluding hydrogens is 241 g/mol. The molecule has 4 heteroatoms. The number of nitrogens with zero attached hydrogens (tertiary/aromatic N) is 2. The molecule has 0 bridgehead atoms. The van der Waals surface area contributed by atoms with Crippen LogP contribution in [-0.2, 0) is 0 Å². The van der Waals surface area contributed by atoms with Crippen LogP contribution in [0.15, 0.2) is 30.5 Å². The van der Waals surface area contributed by atoms with Crippen LogP contribution >= 0.6 is 0 Å². The van der Waals surface area contributed by atoms with Crippen molar-refractivity contribution < 1.29 is 4.39 Å². The Morgan fingerprint density at radius 2 is 1.95 bits per heavy atom. The van der Waals surface area contributed by atoms with Crippen molar-refractivity contribution in [3.05, 3.63) is 42.0 Å². The van der Waals surface area contributed by atoms with Gasteiger partial charge >= 0.3 is 0 Å². The molecule has 0 unspecified atom stereocenters. The van der Waals surface area contributed by atoms with E-state index in [4.69, 9.17) is 0 Å². The number of halogens is 1. The van der Waals surface area contributed by atoms with Gasteiger partial charge in [-0.3, -0.25) is 4.68 Å². The summed E-state index contributed by atoms with van der Waals surface area (Å²) in [6.07, 6.45) is 3.95. The average molecular weight is 259 g/mol. The van der Waals surface area contributed by atoms with Crippen molar-refractivity contribution in [1.29, 1.82) is 0 Å². The van der Waals surface area contributed by atoms with Gasteiger partial charge in [-0.2, -0.15) is 5.10 Å². The van der Waals surface area contributed by atoms with Gasteiger partial charge in [-0.1, -0.05) is 18.2 Å². The molecule has 0 saturated carbocycles. The van der Waals surface area contributed by atoms with Gasteiger partial charge in [-0.05, 0) is 38.9 Å². The first-order valence-electron chi connectivity index (χ1n) is 6.77. The maximum absolute atomic E-state index is 13.9. The van der Waals surface area contributed by atoms with Gasteiger partial charge in [0.05, 0.1) is 12.2 Å². The van der Waals surface area contributed by atoms with Gasteiger partial charge in [0.2, 0.25) is 0 Å². The van der Waals surface area contributed by atoms with Crippen molar-refractivity contribution in [2.24, 2.45) is 0 Å². The lowest BCUT2D eigenvalue weighted by Gasteiger charge is -2.24. The van der Waals surface area contributed by atoms with E-state index in [0.717, 1.165) is 37.2 Å². The molecule has 1 aliphatic rings. The predicted octanol–water partition coefficient (Wildman–Crippen LogP) is 2.92. The fourth-order valence-electron chi connectivity index (χ4n) is 2.79. The Kier molecular flexibility index (Phi) is 3.34. The molecule has 3 nitrogen and oxygen atoms in total. The van der Waals surface area contributed by atoms with Gasteiger partial charge < -0.3 is 5.32 Å². The maximum atomic E-state index is 13.9. The third-order valence-corrected chi connectivity index (χ3v) is 3.86. The fourth-order valence-corrected chi connectivity index (χ4v) is 2.79. The van der Waals surface area contributed by atoms with E-state index in [0.29, 0.717) is 11.6 Å². The maximum Gasteiger partial charge on any atom is 0.131 e. The van der Waals surface area contributed by atoms with Crippen LogP contribution < -0.4 is 5.32 Å². The van der Waals surface area contributed by atoms with Crippen LogP contribution in [0, 0.1) is 12.7 Å². The molecule has 1 aromatic carbocycles. The predicted molar refractivity (Wildman–Crippen MR) is 73.5 cm³/mol. The Hall–Kier alpha value is -1.68. The molecule has 0 spiro atoms. The summed E-state index contributed by atoms with van der Waals surface area (Å²) in [6, 6.07) is 7.32. The lowest BCUT2D eigenvalue weighted by atomic mass is 10.0. The van der Waals surface area contributed by atoms with E-state index in [1.165, 1.54) is 6.07 Å². The number of hydrogen-bond donors (Lipinski definition) is 1. The molecule has 2 aromatic rings. The summed E-state index contributed by atoms with van der Waals surface area (Å²) in [6.45, 7) is 4.08. The van der Waals surface area contributed by atoms with E-state index < -0.39 is 0 Å². The first-order valence-corrected chi connectivity index (χ1v) is 6.77. The molecule has 2 heterocycles. The molecule has 0 aliphatic carbocycles. The summed E-state index contributed by atoms with van der Waals surface area (Å²) in [7, 11) is 0. The first-order chi connectivity index (χ1) is 9.27. The molecule has 0 atom stereocenters. The van der Waals surface area contributed by atoms with Crippen molar-refractivity contribution in [3.63, 3.8) is 0 Å². The largest absolute Gasteiger partial charge is 0.317 e. The summed E-state index contributed by atoms with van der Waals surface area (Å²) >= 11 is 0. The molecule has 19 heavy (non-hydrogen) atoms. The van der Waals surface area contributed by atoms with Crippen LogP contribution in [0.3, 0.4) is 0 Å². The van der Waals surface area contributed by atoms with E-state index in [1.807, 2.05) is 19.1 Å². The summed E-state index contributed by atoms with van der Waals surface area (Å²) < 4.78 is 15.9. The highest BCUT2D eigenvalue weighted by Gasteiger charge is 2.20. The van der Waals surface area contributed by atoms with Gasteiger partial charge in [-0.25, -0.2) is 4.39 Å². The first kappa shape index (κ1) is 12.4. The summed E-state index contributed by atoms with van der Waals surface area (Å²) in [5, 5.41) is 7.83. The lowest BCUT2D eigenvalue weighted by Crippen LogP contribution is -2.30. The molecule has 1 fully saturated rings. The number of rotatable bonds is 2. The quantitative estimate of drug-likeness (QED) is 0.898. The van der Waals surface area contributed by atoms with E-state index in [2.05, 4.69) is 15.1 Å². The number of hydrogen-bond acceptors (Lipinski definition) is 2. The minimum absolute atomic E-state index is 0.185. The van der Waals surface area contributed by atoms with E-state index in [-0.39, 0.29) is 5.82 Å². The zero-order chi connectivity index (χ0) is 13.2. The van der Waals surface area contributed by atoms with Gasteiger partial charge in [0.1, 0.15) is 5.82 Å². The fraction of sp³-hybridized carbons (Fsp3) is 0.400. The average Bonchev–Trinajstić information content (AvgIpc) is 2.82. The number of aromatic nitrogens is 2. The second kappa shape index (κ2) is 5.13. The van der Waals surface area contributed by atoms with Gasteiger partial charge in [-0.15, -0.1) is 0 Å². The normalized spacial score (nSPS) is 16.7. The molecule has 1 N–H and O–H groups in total. The molecule has 1 aromatic heterocycles. The zero-order valence-corrected chi connectivity index (χ0v) is 11.1. The minimum Gasteiger partial charge on any atom is -0.317 e. The summed E-state index contributed by atoms with van der Waals surface area (Å²) in [5.41, 5.74) is 2.59. The van der Waals surface area contributed by atoms with E-state index in [9.17, 15) is 4.39 Å². The van der Waals surface area contributed by atoms with Crippen LogP contribution in [-0.4, -0.2) is 22.9 Å². The van der Waals surface area contributed by atoms with Crippen molar-refractivity contribution in [1.82, 2.24) is 15.1 Å². The topological polar surface area (TPSA) is 29.9 Å². The van der Waals surface area contributed by atoms with Crippen LogP contribution in [0.25, 0.3) is 11.1 Å². The second-order valence-electron chi connectivity index (χ2n) is 5.05. The smallest absolute Gasteiger partial charge is 0.131 e. The molecule has 1 saturated heterocycles. The third kappa shape index (κ3) is 2.28. The Bertz CT molecular complexity index is 571. The molecule has 1 aliphatic heterocycles. The van der Waals surface area contributed by atoms with Crippen molar-refractivity contribution >= 4 is 0 Å². The van der Waals surface area contributed by atoms with Crippen LogP contribution in [0.1, 0.15) is 24.6 Å². The standard InChI is InChI=1S/C15H18FN3/c1-11-14(13-4-2-3-5-15(13)16)10-18-19(11)12-6-8-17-9-7-12/h2-5,10,12,17H,6-9H2,1H3. The van der Waals surface area contributed by atoms with E-state index >= 15 is 0 Å². The summed E-state index contributed by atoms with van der Waals surface area (Å²) in [4.78, 5) is 0. The molecule has 100 valence electrons. The lowest BCUT2D eigenvalue weighted by molar-refractivity contribution is 0.338. The third-order valence-electron chi connectivity index (χ3n) is 3.86. The van der Waals surface area contributed by atoms with Crippen LogP contribution in [0.5, 0.6) is 0 Å².